The highest BCUT2D eigenvalue weighted by Crippen LogP contribution is 2.28. The Labute approximate surface area is 132 Å². The smallest absolute Gasteiger partial charge is 0.224 e. The fourth-order valence-corrected chi connectivity index (χ4v) is 2.56. The molecule has 108 valence electrons. The number of nitrogens with one attached hydrogen (secondary N) is 1. The van der Waals surface area contributed by atoms with Crippen molar-refractivity contribution in [1.82, 2.24) is 0 Å². The molecule has 21 heavy (non-hydrogen) atoms. The Bertz CT molecular complexity index is 701. The number of anilines is 1. The lowest BCUT2D eigenvalue weighted by Crippen LogP contribution is -2.18. The highest BCUT2D eigenvalue weighted by Gasteiger charge is 2.15. The molecule has 1 N–H and O–H groups in total. The molecule has 0 bridgehead atoms. The summed E-state index contributed by atoms with van der Waals surface area (Å²) in [5.74, 6) is 0.756. The van der Waals surface area contributed by atoms with Gasteiger partial charge in [0.15, 0.2) is 0 Å². The molecule has 0 fully saturated rings. The largest absolute Gasteiger partial charge is 0.489 e. The second-order valence-electron chi connectivity index (χ2n) is 4.90. The Balaban J connectivity index is 1.72. The van der Waals surface area contributed by atoms with Gasteiger partial charge in [-0.25, -0.2) is 0 Å². The van der Waals surface area contributed by atoms with Crippen LogP contribution < -0.4 is 10.1 Å². The minimum atomic E-state index is 0.0455. The van der Waals surface area contributed by atoms with Crippen molar-refractivity contribution < 1.29 is 9.53 Å². The molecule has 1 heterocycles. The third-order valence-corrected chi connectivity index (χ3v) is 4.11. The molecule has 1 aliphatic rings. The van der Waals surface area contributed by atoms with Gasteiger partial charge in [0.1, 0.15) is 12.4 Å². The van der Waals surface area contributed by atoms with Gasteiger partial charge >= 0.3 is 0 Å². The van der Waals surface area contributed by atoms with Crippen molar-refractivity contribution in [2.75, 3.05) is 5.32 Å². The van der Waals surface area contributed by atoms with Crippen molar-refractivity contribution in [3.8, 4) is 5.75 Å². The van der Waals surface area contributed by atoms with E-state index in [0.717, 1.165) is 23.2 Å². The predicted octanol–water partition coefficient (Wildman–Crippen LogP) is 4.46. The number of carbonyl (C=O) groups is 1. The Morgan fingerprint density at radius 2 is 1.90 bits per heavy atom. The predicted molar refractivity (Wildman–Crippen MR) is 84.2 cm³/mol. The van der Waals surface area contributed by atoms with E-state index >= 15 is 0 Å². The Morgan fingerprint density at radius 3 is 2.71 bits per heavy atom. The number of aryl methyl sites for hydroxylation is 1. The van der Waals surface area contributed by atoms with Crippen LogP contribution in [0.5, 0.6) is 5.75 Å². The summed E-state index contributed by atoms with van der Waals surface area (Å²) in [5.41, 5.74) is 2.90. The standard InChI is InChI=1S/C16H13Cl2NO2/c17-13-5-1-10(7-14(13)18)9-21-12-4-2-11-3-6-16(20)19-15(11)8-12/h1-2,4-5,7-8H,3,6,9H2,(H,19,20). The topological polar surface area (TPSA) is 38.3 Å². The Hall–Kier alpha value is -1.71. The molecule has 0 aliphatic carbocycles. The molecule has 2 aromatic carbocycles. The number of fused-ring (bicyclic) bond motifs is 1. The third kappa shape index (κ3) is 3.31. The van der Waals surface area contributed by atoms with Gasteiger partial charge in [-0.05, 0) is 35.7 Å². The molecule has 0 saturated heterocycles. The summed E-state index contributed by atoms with van der Waals surface area (Å²) in [7, 11) is 0. The first-order valence-electron chi connectivity index (χ1n) is 6.61. The fourth-order valence-electron chi connectivity index (χ4n) is 2.24. The van der Waals surface area contributed by atoms with Crippen molar-refractivity contribution in [1.29, 1.82) is 0 Å². The summed E-state index contributed by atoms with van der Waals surface area (Å²) in [5, 5.41) is 3.89. The van der Waals surface area contributed by atoms with E-state index in [1.165, 1.54) is 0 Å². The Morgan fingerprint density at radius 1 is 1.05 bits per heavy atom. The minimum Gasteiger partial charge on any atom is -0.489 e. The normalized spacial score (nSPS) is 13.5. The number of ether oxygens (including phenoxy) is 1. The molecule has 1 amide bonds. The molecule has 3 nitrogen and oxygen atoms in total. The van der Waals surface area contributed by atoms with E-state index in [2.05, 4.69) is 5.32 Å². The number of hydrogen-bond acceptors (Lipinski definition) is 2. The third-order valence-electron chi connectivity index (χ3n) is 3.37. The van der Waals surface area contributed by atoms with E-state index in [0.29, 0.717) is 28.8 Å². The van der Waals surface area contributed by atoms with Crippen LogP contribution in [0.15, 0.2) is 36.4 Å². The number of amides is 1. The van der Waals surface area contributed by atoms with E-state index in [9.17, 15) is 4.79 Å². The van der Waals surface area contributed by atoms with Crippen molar-refractivity contribution >= 4 is 34.8 Å². The van der Waals surface area contributed by atoms with E-state index < -0.39 is 0 Å². The number of rotatable bonds is 3. The molecule has 0 unspecified atom stereocenters. The van der Waals surface area contributed by atoms with E-state index in [4.69, 9.17) is 27.9 Å². The van der Waals surface area contributed by atoms with Gasteiger partial charge in [0.05, 0.1) is 10.0 Å². The van der Waals surface area contributed by atoms with Crippen molar-refractivity contribution in [3.05, 3.63) is 57.6 Å². The highest BCUT2D eigenvalue weighted by atomic mass is 35.5. The van der Waals surface area contributed by atoms with Gasteiger partial charge in [-0.2, -0.15) is 0 Å². The maximum absolute atomic E-state index is 11.4. The summed E-state index contributed by atoms with van der Waals surface area (Å²) in [6.07, 6.45) is 1.31. The monoisotopic (exact) mass is 321 g/mol. The van der Waals surface area contributed by atoms with Gasteiger partial charge in [-0.3, -0.25) is 4.79 Å². The molecule has 0 saturated carbocycles. The first-order valence-corrected chi connectivity index (χ1v) is 7.37. The van der Waals surface area contributed by atoms with Crippen LogP contribution >= 0.6 is 23.2 Å². The second-order valence-corrected chi connectivity index (χ2v) is 5.72. The molecular weight excluding hydrogens is 309 g/mol. The summed E-state index contributed by atoms with van der Waals surface area (Å²) in [6, 6.07) is 11.1. The van der Waals surface area contributed by atoms with Crippen LogP contribution in [0.3, 0.4) is 0 Å². The zero-order valence-corrected chi connectivity index (χ0v) is 12.7. The van der Waals surface area contributed by atoms with Gasteiger partial charge in [-0.1, -0.05) is 35.3 Å². The number of hydrogen-bond donors (Lipinski definition) is 1. The molecule has 5 heteroatoms. The van der Waals surface area contributed by atoms with Crippen molar-refractivity contribution in [2.24, 2.45) is 0 Å². The SMILES string of the molecule is O=C1CCc2ccc(OCc3ccc(Cl)c(Cl)c3)cc2N1. The van der Waals surface area contributed by atoms with Crippen molar-refractivity contribution in [3.63, 3.8) is 0 Å². The first-order chi connectivity index (χ1) is 10.1. The van der Waals surface area contributed by atoms with Crippen LogP contribution in [-0.2, 0) is 17.8 Å². The number of benzene rings is 2. The molecule has 2 aromatic rings. The van der Waals surface area contributed by atoms with Gasteiger partial charge in [-0.15, -0.1) is 0 Å². The minimum absolute atomic E-state index is 0.0455. The van der Waals surface area contributed by atoms with Crippen LogP contribution in [0.25, 0.3) is 0 Å². The zero-order chi connectivity index (χ0) is 14.8. The maximum Gasteiger partial charge on any atom is 0.224 e. The van der Waals surface area contributed by atoms with E-state index in [1.807, 2.05) is 24.3 Å². The Kier molecular flexibility index (Phi) is 4.04. The first kappa shape index (κ1) is 14.2. The van der Waals surface area contributed by atoms with Gasteiger partial charge < -0.3 is 10.1 Å². The van der Waals surface area contributed by atoms with Gasteiger partial charge in [0, 0.05) is 18.2 Å². The lowest BCUT2D eigenvalue weighted by Gasteiger charge is -2.17. The molecule has 0 aromatic heterocycles. The average molecular weight is 322 g/mol. The molecule has 3 rings (SSSR count). The lowest BCUT2D eigenvalue weighted by atomic mass is 10.0. The van der Waals surface area contributed by atoms with Crippen molar-refractivity contribution in [2.45, 2.75) is 19.4 Å². The van der Waals surface area contributed by atoms with Crippen LogP contribution in [0.2, 0.25) is 10.0 Å². The summed E-state index contributed by atoms with van der Waals surface area (Å²) < 4.78 is 5.74. The molecule has 0 spiro atoms. The van der Waals surface area contributed by atoms with E-state index in [-0.39, 0.29) is 5.91 Å². The van der Waals surface area contributed by atoms with Gasteiger partial charge in [0.2, 0.25) is 5.91 Å². The number of halogens is 2. The fraction of sp³-hybridized carbons (Fsp3) is 0.188. The van der Waals surface area contributed by atoms with E-state index in [1.54, 1.807) is 12.1 Å². The zero-order valence-electron chi connectivity index (χ0n) is 11.2. The molecule has 1 aliphatic heterocycles. The molecule has 0 atom stereocenters. The van der Waals surface area contributed by atoms with Crippen LogP contribution in [-0.4, -0.2) is 5.91 Å². The van der Waals surface area contributed by atoms with Gasteiger partial charge in [0.25, 0.3) is 0 Å². The average Bonchev–Trinajstić information content (AvgIpc) is 2.48. The molecular formula is C16H13Cl2NO2. The van der Waals surface area contributed by atoms with Crippen LogP contribution in [0.1, 0.15) is 17.5 Å². The van der Waals surface area contributed by atoms with Crippen LogP contribution in [0, 0.1) is 0 Å². The van der Waals surface area contributed by atoms with Crippen LogP contribution in [0.4, 0.5) is 5.69 Å². The second kappa shape index (κ2) is 5.96. The summed E-state index contributed by atoms with van der Waals surface area (Å²) in [6.45, 7) is 0.392. The number of carbonyl (C=O) groups excluding carboxylic acids is 1. The molecule has 0 radical (unpaired) electrons. The quantitative estimate of drug-likeness (QED) is 0.906. The highest BCUT2D eigenvalue weighted by molar-refractivity contribution is 6.42. The summed E-state index contributed by atoms with van der Waals surface area (Å²) in [4.78, 5) is 11.4. The summed E-state index contributed by atoms with van der Waals surface area (Å²) >= 11 is 11.8. The lowest BCUT2D eigenvalue weighted by molar-refractivity contribution is -0.116. The maximum atomic E-state index is 11.4.